The van der Waals surface area contributed by atoms with Gasteiger partial charge in [-0.2, -0.15) is 0 Å². The van der Waals surface area contributed by atoms with E-state index >= 15 is 0 Å². The van der Waals surface area contributed by atoms with Crippen molar-refractivity contribution in [3.05, 3.63) is 108 Å². The molecule has 0 bridgehead atoms. The molecule has 1 aromatic heterocycles. The van der Waals surface area contributed by atoms with Crippen molar-refractivity contribution < 1.29 is 9.21 Å². The summed E-state index contributed by atoms with van der Waals surface area (Å²) in [5, 5.41) is 1.25. The summed E-state index contributed by atoms with van der Waals surface area (Å²) in [6.45, 7) is 0. The fourth-order valence-electron chi connectivity index (χ4n) is 3.80. The van der Waals surface area contributed by atoms with E-state index in [1.54, 1.807) is 47.4 Å². The van der Waals surface area contributed by atoms with Gasteiger partial charge in [0.1, 0.15) is 5.58 Å². The number of carbonyl (C=O) groups excluding carboxylic acids is 1. The number of rotatable bonds is 2. The number of amides is 1. The number of nitrogens with zero attached hydrogens (tertiary/aromatic N) is 1. The number of fused-ring (bicyclic) bond motifs is 2. The molecule has 148 valence electrons. The van der Waals surface area contributed by atoms with E-state index in [-0.39, 0.29) is 16.8 Å². The minimum atomic E-state index is -0.654. The zero-order valence-electron chi connectivity index (χ0n) is 15.2. The monoisotopic (exact) mass is 499 g/mol. The van der Waals surface area contributed by atoms with E-state index in [0.717, 1.165) is 10.0 Å². The molecule has 1 aliphatic heterocycles. The second kappa shape index (κ2) is 7.27. The lowest BCUT2D eigenvalue weighted by molar-refractivity contribution is 0.0971. The first kappa shape index (κ1) is 19.4. The topological polar surface area (TPSA) is 50.5 Å². The Morgan fingerprint density at radius 3 is 2.37 bits per heavy atom. The Morgan fingerprint density at radius 1 is 0.900 bits per heavy atom. The van der Waals surface area contributed by atoms with Gasteiger partial charge in [-0.1, -0.05) is 57.3 Å². The Kier molecular flexibility index (Phi) is 4.69. The third kappa shape index (κ3) is 3.05. The number of benzene rings is 3. The van der Waals surface area contributed by atoms with Crippen LogP contribution in [0.1, 0.15) is 27.7 Å². The zero-order chi connectivity index (χ0) is 21.0. The van der Waals surface area contributed by atoms with Crippen molar-refractivity contribution in [3.8, 4) is 0 Å². The minimum Gasteiger partial charge on any atom is -0.450 e. The SMILES string of the molecule is O=C1c2oc3ccc(Cl)cc3c(=O)c2C(c2ccc(Br)cc2)N1c1cccc(Cl)c1. The number of hydrogen-bond donors (Lipinski definition) is 0. The Balaban J connectivity index is 1.83. The molecule has 0 radical (unpaired) electrons. The van der Waals surface area contributed by atoms with Crippen molar-refractivity contribution in [3.63, 3.8) is 0 Å². The first-order valence-corrected chi connectivity index (χ1v) is 10.6. The van der Waals surface area contributed by atoms with Crippen LogP contribution >= 0.6 is 39.1 Å². The Bertz CT molecular complexity index is 1380. The highest BCUT2D eigenvalue weighted by Crippen LogP contribution is 2.42. The summed E-state index contributed by atoms with van der Waals surface area (Å²) in [6, 6.07) is 18.6. The lowest BCUT2D eigenvalue weighted by Crippen LogP contribution is -2.29. The van der Waals surface area contributed by atoms with E-state index < -0.39 is 11.9 Å². The highest BCUT2D eigenvalue weighted by Gasteiger charge is 2.43. The van der Waals surface area contributed by atoms with Crippen molar-refractivity contribution in [2.45, 2.75) is 6.04 Å². The van der Waals surface area contributed by atoms with Gasteiger partial charge in [0.2, 0.25) is 5.76 Å². The van der Waals surface area contributed by atoms with Crippen LogP contribution in [0, 0.1) is 0 Å². The number of halogens is 3. The van der Waals surface area contributed by atoms with E-state index in [1.165, 1.54) is 0 Å². The first-order chi connectivity index (χ1) is 14.4. The van der Waals surface area contributed by atoms with Crippen LogP contribution in [0.15, 0.2) is 80.4 Å². The number of anilines is 1. The maximum absolute atomic E-state index is 13.5. The van der Waals surface area contributed by atoms with Crippen molar-refractivity contribution in [2.24, 2.45) is 0 Å². The molecule has 1 atom stereocenters. The minimum absolute atomic E-state index is 0.0303. The normalized spacial score (nSPS) is 15.6. The second-order valence-electron chi connectivity index (χ2n) is 6.92. The summed E-state index contributed by atoms with van der Waals surface area (Å²) < 4.78 is 6.81. The van der Waals surface area contributed by atoms with Gasteiger partial charge in [0.05, 0.1) is 17.0 Å². The molecule has 0 spiro atoms. The van der Waals surface area contributed by atoms with Crippen molar-refractivity contribution in [1.29, 1.82) is 0 Å². The largest absolute Gasteiger partial charge is 0.450 e. The molecule has 7 heteroatoms. The molecule has 0 N–H and O–H groups in total. The third-order valence-corrected chi connectivity index (χ3v) is 6.10. The Labute approximate surface area is 189 Å². The summed E-state index contributed by atoms with van der Waals surface area (Å²) in [6.07, 6.45) is 0. The number of hydrogen-bond acceptors (Lipinski definition) is 3. The van der Waals surface area contributed by atoms with Gasteiger partial charge in [0, 0.05) is 20.2 Å². The van der Waals surface area contributed by atoms with Crippen LogP contribution in [0.4, 0.5) is 5.69 Å². The first-order valence-electron chi connectivity index (χ1n) is 9.05. The predicted molar refractivity (Wildman–Crippen MR) is 122 cm³/mol. The Hall–Kier alpha value is -2.60. The Morgan fingerprint density at radius 2 is 1.63 bits per heavy atom. The van der Waals surface area contributed by atoms with Gasteiger partial charge in [0.15, 0.2) is 5.43 Å². The fraction of sp³-hybridized carbons (Fsp3) is 0.0435. The lowest BCUT2D eigenvalue weighted by atomic mass is 9.98. The molecule has 0 aliphatic carbocycles. The molecular formula is C23H12BrCl2NO3. The van der Waals surface area contributed by atoms with Gasteiger partial charge in [-0.15, -0.1) is 0 Å². The van der Waals surface area contributed by atoms with Crippen LogP contribution in [0.5, 0.6) is 0 Å². The average molecular weight is 501 g/mol. The quantitative estimate of drug-likeness (QED) is 0.311. The van der Waals surface area contributed by atoms with E-state index in [2.05, 4.69) is 15.9 Å². The molecule has 2 heterocycles. The lowest BCUT2D eigenvalue weighted by Gasteiger charge is -2.25. The maximum Gasteiger partial charge on any atom is 0.295 e. The van der Waals surface area contributed by atoms with Crippen molar-refractivity contribution in [1.82, 2.24) is 0 Å². The van der Waals surface area contributed by atoms with E-state index in [1.807, 2.05) is 24.3 Å². The molecule has 1 unspecified atom stereocenters. The summed E-state index contributed by atoms with van der Waals surface area (Å²) in [5.74, 6) is -0.364. The van der Waals surface area contributed by atoms with E-state index in [9.17, 15) is 9.59 Å². The fourth-order valence-corrected chi connectivity index (χ4v) is 4.42. The smallest absolute Gasteiger partial charge is 0.295 e. The molecule has 1 aliphatic rings. The maximum atomic E-state index is 13.5. The van der Waals surface area contributed by atoms with Crippen molar-refractivity contribution >= 4 is 61.7 Å². The molecule has 4 aromatic rings. The highest BCUT2D eigenvalue weighted by atomic mass is 79.9. The predicted octanol–water partition coefficient (Wildman–Crippen LogP) is 6.61. The van der Waals surface area contributed by atoms with Crippen LogP contribution in [0.2, 0.25) is 10.0 Å². The van der Waals surface area contributed by atoms with Gasteiger partial charge in [-0.3, -0.25) is 14.5 Å². The molecule has 0 saturated carbocycles. The van der Waals surface area contributed by atoms with Gasteiger partial charge in [-0.05, 0) is 54.1 Å². The number of carbonyl (C=O) groups is 1. The van der Waals surface area contributed by atoms with Crippen LogP contribution in [-0.2, 0) is 0 Å². The molecule has 5 rings (SSSR count). The standard InChI is InChI=1S/C23H12BrCl2NO3/c24-13-6-4-12(5-7-13)20-19-21(28)17-11-15(26)8-9-18(17)30-22(19)23(29)27(20)16-3-1-2-14(25)10-16/h1-11,20H. The molecule has 0 fully saturated rings. The van der Waals surface area contributed by atoms with E-state index in [4.69, 9.17) is 27.6 Å². The van der Waals surface area contributed by atoms with Crippen LogP contribution in [0.25, 0.3) is 11.0 Å². The van der Waals surface area contributed by atoms with Crippen LogP contribution < -0.4 is 10.3 Å². The molecule has 4 nitrogen and oxygen atoms in total. The van der Waals surface area contributed by atoms with Crippen LogP contribution in [-0.4, -0.2) is 5.91 Å². The summed E-state index contributed by atoms with van der Waals surface area (Å²) in [7, 11) is 0. The molecule has 0 saturated heterocycles. The molecular weight excluding hydrogens is 489 g/mol. The summed E-state index contributed by atoms with van der Waals surface area (Å²) in [5.41, 5.74) is 1.68. The van der Waals surface area contributed by atoms with Gasteiger partial charge in [-0.25, -0.2) is 0 Å². The summed E-state index contributed by atoms with van der Waals surface area (Å²) >= 11 is 15.7. The summed E-state index contributed by atoms with van der Waals surface area (Å²) in [4.78, 5) is 28.5. The van der Waals surface area contributed by atoms with Crippen LogP contribution in [0.3, 0.4) is 0 Å². The molecule has 30 heavy (non-hydrogen) atoms. The molecule has 1 amide bonds. The highest BCUT2D eigenvalue weighted by molar-refractivity contribution is 9.10. The second-order valence-corrected chi connectivity index (χ2v) is 8.71. The molecule has 3 aromatic carbocycles. The van der Waals surface area contributed by atoms with E-state index in [0.29, 0.717) is 26.7 Å². The van der Waals surface area contributed by atoms with Gasteiger partial charge in [0.25, 0.3) is 5.91 Å². The van der Waals surface area contributed by atoms with Gasteiger partial charge >= 0.3 is 0 Å². The average Bonchev–Trinajstić information content (AvgIpc) is 3.02. The van der Waals surface area contributed by atoms with Gasteiger partial charge < -0.3 is 4.42 Å². The zero-order valence-corrected chi connectivity index (χ0v) is 18.3. The van der Waals surface area contributed by atoms with Crippen molar-refractivity contribution in [2.75, 3.05) is 4.90 Å². The third-order valence-electron chi connectivity index (χ3n) is 5.10.